The third-order valence-electron chi connectivity index (χ3n) is 2.27. The summed E-state index contributed by atoms with van der Waals surface area (Å²) in [4.78, 5) is 43.8. The molecule has 0 heterocycles. The topological polar surface area (TPSA) is 115 Å². The number of hydrogen-bond acceptors (Lipinski definition) is 5. The van der Waals surface area contributed by atoms with Gasteiger partial charge < -0.3 is 10.8 Å². The second-order valence-corrected chi connectivity index (χ2v) is 3.57. The Balaban J connectivity index is 2.58. The van der Waals surface area contributed by atoms with Crippen molar-refractivity contribution in [2.45, 2.75) is 18.9 Å². The lowest BCUT2D eigenvalue weighted by molar-refractivity contribution is -0.138. The second-order valence-electron chi connectivity index (χ2n) is 3.57. The summed E-state index contributed by atoms with van der Waals surface area (Å²) in [5, 5.41) is 8.52. The standard InChI is InChI=1S/C11H11NO5/c12-7(11(16)17)2-4-8(13)6-1-3-9(14)10(15)5-6/h1,3,5,7H,2,4,12H2,(H,16,17). The van der Waals surface area contributed by atoms with Crippen molar-refractivity contribution in [3.05, 3.63) is 23.8 Å². The van der Waals surface area contributed by atoms with Gasteiger partial charge in [0.15, 0.2) is 5.78 Å². The van der Waals surface area contributed by atoms with Crippen LogP contribution in [-0.2, 0) is 19.2 Å². The lowest BCUT2D eigenvalue weighted by Crippen LogP contribution is -2.30. The van der Waals surface area contributed by atoms with E-state index < -0.39 is 29.4 Å². The number of carbonyl (C=O) groups is 4. The molecule has 0 saturated heterocycles. The van der Waals surface area contributed by atoms with Crippen LogP contribution in [0, 0.1) is 0 Å². The lowest BCUT2D eigenvalue weighted by atomic mass is 9.98. The van der Waals surface area contributed by atoms with Gasteiger partial charge in [-0.1, -0.05) is 0 Å². The van der Waals surface area contributed by atoms with E-state index in [2.05, 4.69) is 0 Å². The summed E-state index contributed by atoms with van der Waals surface area (Å²) in [6.45, 7) is 0. The highest BCUT2D eigenvalue weighted by molar-refractivity contribution is 6.47. The van der Waals surface area contributed by atoms with E-state index in [-0.39, 0.29) is 18.4 Å². The van der Waals surface area contributed by atoms with Crippen molar-refractivity contribution < 1.29 is 24.3 Å². The second kappa shape index (κ2) is 5.31. The fourth-order valence-corrected chi connectivity index (χ4v) is 1.24. The number of rotatable bonds is 5. The highest BCUT2D eigenvalue weighted by Crippen LogP contribution is 2.10. The van der Waals surface area contributed by atoms with Crippen molar-refractivity contribution in [2.24, 2.45) is 5.73 Å². The third-order valence-corrected chi connectivity index (χ3v) is 2.27. The molecule has 0 aliphatic heterocycles. The molecule has 1 aliphatic rings. The summed E-state index contributed by atoms with van der Waals surface area (Å²) in [5.74, 6) is -3.02. The summed E-state index contributed by atoms with van der Waals surface area (Å²) in [5.41, 5.74) is 5.34. The molecule has 3 N–H and O–H groups in total. The normalized spacial score (nSPS) is 16.6. The number of carboxylic acid groups (broad SMARTS) is 1. The Labute approximate surface area is 96.8 Å². The van der Waals surface area contributed by atoms with Crippen LogP contribution in [-0.4, -0.2) is 34.5 Å². The molecule has 0 amide bonds. The molecule has 1 unspecified atom stereocenters. The number of carboxylic acids is 1. The van der Waals surface area contributed by atoms with E-state index in [1.165, 1.54) is 6.08 Å². The predicted octanol–water partition coefficient (Wildman–Crippen LogP) is -0.618. The molecule has 17 heavy (non-hydrogen) atoms. The van der Waals surface area contributed by atoms with Crippen LogP contribution in [0.2, 0.25) is 0 Å². The fraction of sp³-hybridized carbons (Fsp3) is 0.273. The molecule has 1 aliphatic carbocycles. The van der Waals surface area contributed by atoms with Crippen LogP contribution in [0.15, 0.2) is 23.8 Å². The van der Waals surface area contributed by atoms with Gasteiger partial charge in [-0.3, -0.25) is 19.2 Å². The summed E-state index contributed by atoms with van der Waals surface area (Å²) in [6.07, 6.45) is 3.13. The minimum Gasteiger partial charge on any atom is -0.480 e. The number of nitrogens with two attached hydrogens (primary N) is 1. The van der Waals surface area contributed by atoms with E-state index in [1.54, 1.807) is 0 Å². The molecule has 0 fully saturated rings. The first-order chi connectivity index (χ1) is 7.91. The molecule has 1 atom stereocenters. The zero-order valence-electron chi connectivity index (χ0n) is 8.88. The molecule has 0 bridgehead atoms. The Morgan fingerprint density at radius 2 is 1.88 bits per heavy atom. The summed E-state index contributed by atoms with van der Waals surface area (Å²) >= 11 is 0. The van der Waals surface area contributed by atoms with Crippen LogP contribution in [0.4, 0.5) is 0 Å². The number of allylic oxidation sites excluding steroid dienone is 4. The maximum absolute atomic E-state index is 11.5. The average Bonchev–Trinajstić information content (AvgIpc) is 2.28. The van der Waals surface area contributed by atoms with Crippen molar-refractivity contribution >= 4 is 23.3 Å². The zero-order chi connectivity index (χ0) is 13.0. The van der Waals surface area contributed by atoms with E-state index in [1.807, 2.05) is 0 Å². The van der Waals surface area contributed by atoms with Gasteiger partial charge in [-0.25, -0.2) is 0 Å². The SMILES string of the molecule is NC(CCC(=O)C1=CC(=O)C(=O)C=C1)C(=O)O. The van der Waals surface area contributed by atoms with E-state index in [4.69, 9.17) is 10.8 Å². The maximum atomic E-state index is 11.5. The average molecular weight is 237 g/mol. The lowest BCUT2D eigenvalue weighted by Gasteiger charge is -2.07. The van der Waals surface area contributed by atoms with Crippen LogP contribution in [0.1, 0.15) is 12.8 Å². The molecular formula is C11H11NO5. The maximum Gasteiger partial charge on any atom is 0.320 e. The molecule has 0 aromatic rings. The van der Waals surface area contributed by atoms with E-state index in [0.717, 1.165) is 12.2 Å². The van der Waals surface area contributed by atoms with Crippen LogP contribution in [0.5, 0.6) is 0 Å². The molecule has 6 nitrogen and oxygen atoms in total. The largest absolute Gasteiger partial charge is 0.480 e. The van der Waals surface area contributed by atoms with Crippen LogP contribution in [0.3, 0.4) is 0 Å². The molecule has 1 rings (SSSR count). The Kier molecular flexibility index (Phi) is 4.06. The van der Waals surface area contributed by atoms with Crippen molar-refractivity contribution in [1.29, 1.82) is 0 Å². The van der Waals surface area contributed by atoms with Crippen LogP contribution >= 0.6 is 0 Å². The van der Waals surface area contributed by atoms with E-state index >= 15 is 0 Å². The van der Waals surface area contributed by atoms with Crippen molar-refractivity contribution in [3.8, 4) is 0 Å². The van der Waals surface area contributed by atoms with Gasteiger partial charge in [0.1, 0.15) is 6.04 Å². The predicted molar refractivity (Wildman–Crippen MR) is 57.1 cm³/mol. The Bertz CT molecular complexity index is 447. The fourth-order valence-electron chi connectivity index (χ4n) is 1.24. The van der Waals surface area contributed by atoms with Gasteiger partial charge in [-0.05, 0) is 18.6 Å². The van der Waals surface area contributed by atoms with Crippen LogP contribution < -0.4 is 5.73 Å². The first-order valence-electron chi connectivity index (χ1n) is 4.91. The number of hydrogen-bond donors (Lipinski definition) is 2. The molecule has 6 heteroatoms. The summed E-state index contributed by atoms with van der Waals surface area (Å²) < 4.78 is 0. The minimum atomic E-state index is -1.18. The van der Waals surface area contributed by atoms with Gasteiger partial charge >= 0.3 is 5.97 Å². The van der Waals surface area contributed by atoms with E-state index in [0.29, 0.717) is 0 Å². The first kappa shape index (κ1) is 13.0. The Morgan fingerprint density at radius 3 is 2.41 bits per heavy atom. The summed E-state index contributed by atoms with van der Waals surface area (Å²) in [6, 6.07) is -1.11. The molecule has 0 aromatic heterocycles. The number of aliphatic carboxylic acids is 1. The Morgan fingerprint density at radius 1 is 1.24 bits per heavy atom. The first-order valence-corrected chi connectivity index (χ1v) is 4.91. The van der Waals surface area contributed by atoms with Gasteiger partial charge in [0.05, 0.1) is 0 Å². The summed E-state index contributed by atoms with van der Waals surface area (Å²) in [7, 11) is 0. The van der Waals surface area contributed by atoms with Crippen LogP contribution in [0.25, 0.3) is 0 Å². The van der Waals surface area contributed by atoms with Gasteiger partial charge in [0, 0.05) is 18.1 Å². The zero-order valence-corrected chi connectivity index (χ0v) is 8.88. The molecule has 0 radical (unpaired) electrons. The van der Waals surface area contributed by atoms with Gasteiger partial charge in [-0.2, -0.15) is 0 Å². The molecule has 90 valence electrons. The quantitative estimate of drug-likeness (QED) is 0.486. The van der Waals surface area contributed by atoms with Gasteiger partial charge in [0.25, 0.3) is 0 Å². The highest BCUT2D eigenvalue weighted by atomic mass is 16.4. The number of carbonyl (C=O) groups excluding carboxylic acids is 3. The monoisotopic (exact) mass is 237 g/mol. The number of ketones is 3. The van der Waals surface area contributed by atoms with Crippen molar-refractivity contribution in [1.82, 2.24) is 0 Å². The highest BCUT2D eigenvalue weighted by Gasteiger charge is 2.19. The molecule has 0 aromatic carbocycles. The smallest absolute Gasteiger partial charge is 0.320 e. The van der Waals surface area contributed by atoms with Gasteiger partial charge in [0.2, 0.25) is 11.6 Å². The Hall–Kier alpha value is -2.08. The third kappa shape index (κ3) is 3.46. The molecule has 0 saturated carbocycles. The van der Waals surface area contributed by atoms with E-state index in [9.17, 15) is 19.2 Å². The van der Waals surface area contributed by atoms with Crippen molar-refractivity contribution in [2.75, 3.05) is 0 Å². The minimum absolute atomic E-state index is 0.0124. The van der Waals surface area contributed by atoms with Crippen molar-refractivity contribution in [3.63, 3.8) is 0 Å². The molecular weight excluding hydrogens is 226 g/mol. The van der Waals surface area contributed by atoms with Gasteiger partial charge in [-0.15, -0.1) is 0 Å². The molecule has 0 spiro atoms. The number of Topliss-reactive ketones (excluding diaryl/α,β-unsaturated/α-hetero) is 1.